The van der Waals surface area contributed by atoms with Crippen LogP contribution in [0.4, 0.5) is 5.69 Å². The first-order chi connectivity index (χ1) is 17.0. The highest BCUT2D eigenvalue weighted by atomic mass is 32.2. The maximum atomic E-state index is 13.8. The number of fused-ring (bicyclic) bond motifs is 3. The molecule has 1 aliphatic rings. The van der Waals surface area contributed by atoms with Gasteiger partial charge in [-0.2, -0.15) is 0 Å². The first-order valence-corrected chi connectivity index (χ1v) is 12.6. The topological polar surface area (TPSA) is 82.0 Å². The summed E-state index contributed by atoms with van der Waals surface area (Å²) in [4.78, 5) is 29.0. The predicted octanol–water partition coefficient (Wildman–Crippen LogP) is 3.92. The fourth-order valence-corrected chi connectivity index (χ4v) is 5.51. The molecule has 8 nitrogen and oxygen atoms in total. The number of hydrogen-bond donors (Lipinski definition) is 1. The predicted molar refractivity (Wildman–Crippen MR) is 138 cm³/mol. The van der Waals surface area contributed by atoms with E-state index in [2.05, 4.69) is 9.88 Å². The Bertz CT molecular complexity index is 1230. The maximum Gasteiger partial charge on any atom is 0.247 e. The zero-order chi connectivity index (χ0) is 24.9. The molecule has 1 aliphatic heterocycles. The number of aromatic nitrogens is 1. The van der Waals surface area contributed by atoms with Gasteiger partial charge in [0.15, 0.2) is 0 Å². The first kappa shape index (κ1) is 24.9. The number of amides is 2. The molecule has 2 aromatic carbocycles. The highest BCUT2D eigenvalue weighted by Crippen LogP contribution is 2.45. The summed E-state index contributed by atoms with van der Waals surface area (Å²) >= 11 is 1.45. The van der Waals surface area contributed by atoms with Gasteiger partial charge in [0.2, 0.25) is 11.8 Å². The van der Waals surface area contributed by atoms with Crippen molar-refractivity contribution in [3.05, 3.63) is 48.0 Å². The minimum absolute atomic E-state index is 0.184. The molecule has 35 heavy (non-hydrogen) atoms. The van der Waals surface area contributed by atoms with E-state index in [-0.39, 0.29) is 17.6 Å². The largest absolute Gasteiger partial charge is 0.497 e. The minimum Gasteiger partial charge on any atom is -0.497 e. The molecule has 0 unspecified atom stereocenters. The molecule has 0 saturated carbocycles. The smallest absolute Gasteiger partial charge is 0.247 e. The lowest BCUT2D eigenvalue weighted by Crippen LogP contribution is -2.44. The van der Waals surface area contributed by atoms with Crippen LogP contribution in [0.5, 0.6) is 11.5 Å². The van der Waals surface area contributed by atoms with Crippen molar-refractivity contribution in [3.63, 3.8) is 0 Å². The Morgan fingerprint density at radius 3 is 2.71 bits per heavy atom. The average molecular weight is 498 g/mol. The van der Waals surface area contributed by atoms with Crippen molar-refractivity contribution < 1.29 is 23.8 Å². The van der Waals surface area contributed by atoms with E-state index in [1.165, 1.54) is 11.8 Å². The summed E-state index contributed by atoms with van der Waals surface area (Å²) in [6, 6.07) is 12.3. The number of thioether (sulfide) groups is 1. The van der Waals surface area contributed by atoms with Crippen LogP contribution < -0.4 is 19.7 Å². The summed E-state index contributed by atoms with van der Waals surface area (Å²) in [6.07, 6.45) is 0.680. The molecule has 3 aromatic rings. The van der Waals surface area contributed by atoms with E-state index in [9.17, 15) is 9.59 Å². The van der Waals surface area contributed by atoms with Gasteiger partial charge in [0.05, 0.1) is 30.7 Å². The number of carbonyl (C=O) groups excluding carboxylic acids is 2. The highest BCUT2D eigenvalue weighted by Gasteiger charge is 2.40. The van der Waals surface area contributed by atoms with Crippen LogP contribution in [0.25, 0.3) is 10.9 Å². The molecule has 0 aliphatic carbocycles. The fraction of sp³-hybridized carbons (Fsp3) is 0.385. The van der Waals surface area contributed by atoms with Gasteiger partial charge in [0.1, 0.15) is 17.5 Å². The van der Waals surface area contributed by atoms with Gasteiger partial charge in [-0.3, -0.25) is 14.5 Å². The number of anilines is 1. The van der Waals surface area contributed by atoms with Crippen molar-refractivity contribution >= 4 is 40.2 Å². The Kier molecular flexibility index (Phi) is 7.87. The van der Waals surface area contributed by atoms with Crippen LogP contribution in [-0.2, 0) is 21.4 Å². The molecule has 2 heterocycles. The standard InChI is InChI=1S/C26H31N3O5S/c1-5-34-14-8-13-27-25(31)24-23-18-9-6-7-10-19(18)28(2)26(23)35-16-22(30)29(24)20-15-17(32-3)11-12-21(20)33-4/h6-7,9-12,15,24H,5,8,13-14,16H2,1-4H3,(H,27,31)/t24-/m1/s1. The Morgan fingerprint density at radius 1 is 1.17 bits per heavy atom. The van der Waals surface area contributed by atoms with Crippen LogP contribution >= 0.6 is 11.8 Å². The monoisotopic (exact) mass is 497 g/mol. The first-order valence-electron chi connectivity index (χ1n) is 11.6. The third-order valence-corrected chi connectivity index (χ3v) is 7.24. The van der Waals surface area contributed by atoms with Gasteiger partial charge in [-0.1, -0.05) is 30.0 Å². The molecular weight excluding hydrogens is 466 g/mol. The van der Waals surface area contributed by atoms with E-state index < -0.39 is 6.04 Å². The van der Waals surface area contributed by atoms with Gasteiger partial charge in [0, 0.05) is 49.3 Å². The van der Waals surface area contributed by atoms with Gasteiger partial charge < -0.3 is 24.1 Å². The third kappa shape index (κ3) is 4.83. The second-order valence-electron chi connectivity index (χ2n) is 8.13. The van der Waals surface area contributed by atoms with E-state index in [4.69, 9.17) is 14.2 Å². The van der Waals surface area contributed by atoms with Crippen molar-refractivity contribution in [2.24, 2.45) is 7.05 Å². The Labute approximate surface area is 209 Å². The van der Waals surface area contributed by atoms with Crippen molar-refractivity contribution in [1.29, 1.82) is 0 Å². The number of rotatable bonds is 9. The lowest BCUT2D eigenvalue weighted by atomic mass is 10.0. The van der Waals surface area contributed by atoms with Crippen LogP contribution in [-0.4, -0.2) is 56.1 Å². The number of benzene rings is 2. The number of nitrogens with one attached hydrogen (secondary N) is 1. The van der Waals surface area contributed by atoms with Crippen LogP contribution in [0, 0.1) is 0 Å². The van der Waals surface area contributed by atoms with E-state index in [1.807, 2.05) is 38.2 Å². The van der Waals surface area contributed by atoms with Crippen LogP contribution in [0.2, 0.25) is 0 Å². The third-order valence-electron chi connectivity index (χ3n) is 6.09. The van der Waals surface area contributed by atoms with Crippen molar-refractivity contribution in [1.82, 2.24) is 9.88 Å². The van der Waals surface area contributed by atoms with E-state index >= 15 is 0 Å². The number of ether oxygens (including phenoxy) is 3. The molecule has 2 amide bonds. The summed E-state index contributed by atoms with van der Waals surface area (Å²) < 4.78 is 18.5. The molecule has 4 rings (SSSR count). The second-order valence-corrected chi connectivity index (χ2v) is 9.09. The van der Waals surface area contributed by atoms with Gasteiger partial charge in [-0.25, -0.2) is 0 Å². The molecule has 1 N–H and O–H groups in total. The SMILES string of the molecule is CCOCCCNC(=O)[C@H]1c2c(n(C)c3ccccc23)SCC(=O)N1c1cc(OC)ccc1OC. The zero-order valence-electron chi connectivity index (χ0n) is 20.5. The summed E-state index contributed by atoms with van der Waals surface area (Å²) in [7, 11) is 5.09. The summed E-state index contributed by atoms with van der Waals surface area (Å²) in [5.41, 5.74) is 2.31. The van der Waals surface area contributed by atoms with Crippen LogP contribution in [0.3, 0.4) is 0 Å². The molecule has 0 fully saturated rings. The molecule has 0 saturated heterocycles. The van der Waals surface area contributed by atoms with Crippen LogP contribution in [0.1, 0.15) is 24.9 Å². The molecule has 1 aromatic heterocycles. The Morgan fingerprint density at radius 2 is 1.97 bits per heavy atom. The lowest BCUT2D eigenvalue weighted by Gasteiger charge is -2.31. The summed E-state index contributed by atoms with van der Waals surface area (Å²) in [6.45, 7) is 3.57. The average Bonchev–Trinajstić information content (AvgIpc) is 3.05. The zero-order valence-corrected chi connectivity index (χ0v) is 21.3. The summed E-state index contributed by atoms with van der Waals surface area (Å²) in [5.74, 6) is 0.809. The molecule has 1 atom stereocenters. The van der Waals surface area contributed by atoms with Crippen molar-refractivity contribution in [2.45, 2.75) is 24.4 Å². The van der Waals surface area contributed by atoms with Gasteiger partial charge in [-0.05, 0) is 31.5 Å². The van der Waals surface area contributed by atoms with E-state index in [0.29, 0.717) is 43.4 Å². The molecule has 0 spiro atoms. The second kappa shape index (κ2) is 11.0. The van der Waals surface area contributed by atoms with Crippen LogP contribution in [0.15, 0.2) is 47.5 Å². The maximum absolute atomic E-state index is 13.8. The van der Waals surface area contributed by atoms with Gasteiger partial charge >= 0.3 is 0 Å². The molecule has 186 valence electrons. The summed E-state index contributed by atoms with van der Waals surface area (Å²) in [5, 5.41) is 4.88. The molecule has 0 bridgehead atoms. The minimum atomic E-state index is -0.883. The number of methoxy groups -OCH3 is 2. The fourth-order valence-electron chi connectivity index (χ4n) is 4.44. The quantitative estimate of drug-likeness (QED) is 0.452. The number of hydrogen-bond acceptors (Lipinski definition) is 6. The lowest BCUT2D eigenvalue weighted by molar-refractivity contribution is -0.125. The number of carbonyl (C=O) groups is 2. The molecular formula is C26H31N3O5S. The normalized spacial score (nSPS) is 15.6. The number of nitrogens with zero attached hydrogens (tertiary/aromatic N) is 2. The van der Waals surface area contributed by atoms with Gasteiger partial charge in [0.25, 0.3) is 0 Å². The van der Waals surface area contributed by atoms with E-state index in [0.717, 1.165) is 21.5 Å². The molecule has 9 heteroatoms. The molecule has 0 radical (unpaired) electrons. The van der Waals surface area contributed by atoms with E-state index in [1.54, 1.807) is 37.3 Å². The number of aryl methyl sites for hydroxylation is 1. The number of para-hydroxylation sites is 1. The Hall–Kier alpha value is -3.17. The van der Waals surface area contributed by atoms with Crippen molar-refractivity contribution in [3.8, 4) is 11.5 Å². The Balaban J connectivity index is 1.87. The van der Waals surface area contributed by atoms with Crippen molar-refractivity contribution in [2.75, 3.05) is 44.6 Å². The van der Waals surface area contributed by atoms with Gasteiger partial charge in [-0.15, -0.1) is 0 Å². The highest BCUT2D eigenvalue weighted by molar-refractivity contribution is 8.00.